The second-order valence-corrected chi connectivity index (χ2v) is 41.7. The molecule has 0 bridgehead atoms. The molecule has 26 atom stereocenters. The number of rotatable bonds is 73. The van der Waals surface area contributed by atoms with E-state index in [1.807, 2.05) is 0 Å². The largest absolute Gasteiger partial charge is 0.474 e. The Morgan fingerprint density at radius 1 is 0.473 bits per heavy atom. The third-order valence-electron chi connectivity index (χ3n) is 21.0. The number of nitrogen functional groups attached to an aromatic ring is 1. The zero-order valence-electron chi connectivity index (χ0n) is 74.1. The predicted molar refractivity (Wildman–Crippen MR) is 450 cm³/mol. The average Bonchev–Trinajstić information content (AvgIpc) is 1.63. The number of amides is 1. The highest BCUT2D eigenvalue weighted by Gasteiger charge is 2.49. The van der Waals surface area contributed by atoms with Crippen LogP contribution in [-0.2, 0) is 139 Å². The van der Waals surface area contributed by atoms with Crippen molar-refractivity contribution < 1.29 is 219 Å². The Balaban J connectivity index is 1.03. The molecule has 6 rings (SSSR count). The minimum absolute atomic E-state index is 0.0561. The fourth-order valence-electron chi connectivity index (χ4n) is 13.3. The third kappa shape index (κ3) is 42.5. The molecule has 58 heteroatoms. The predicted octanol–water partition coefficient (Wildman–Crippen LogP) is 1.93. The van der Waals surface area contributed by atoms with Crippen molar-refractivity contribution in [1.82, 2.24) is 24.8 Å². The highest BCUT2D eigenvalue weighted by molar-refractivity contribution is 7.53. The van der Waals surface area contributed by atoms with Gasteiger partial charge in [0.15, 0.2) is 43.9 Å². The molecule has 0 spiro atoms. The first-order chi connectivity index (χ1) is 62.1. The lowest BCUT2D eigenvalue weighted by Crippen LogP contribution is -2.64. The van der Waals surface area contributed by atoms with Gasteiger partial charge in [0, 0.05) is 70.7 Å². The Kier molecular flexibility index (Phi) is 53.8. The van der Waals surface area contributed by atoms with Crippen molar-refractivity contribution >= 4 is 69.6 Å². The number of carbonyl (C=O) groups is 1. The van der Waals surface area contributed by atoms with Gasteiger partial charge in [-0.05, 0) is 57.8 Å². The first-order valence-corrected chi connectivity index (χ1v) is 52.4. The van der Waals surface area contributed by atoms with Gasteiger partial charge >= 0.3 is 46.7 Å². The molecule has 4 fully saturated rings. The summed E-state index contributed by atoms with van der Waals surface area (Å²) in [6, 6.07) is -1.13. The number of fused-ring (bicyclic) bond motifs is 1. The van der Waals surface area contributed by atoms with Gasteiger partial charge in [-0.15, -0.1) is 0 Å². The molecule has 1 amide bonds. The van der Waals surface area contributed by atoms with Gasteiger partial charge in [0.2, 0.25) is 5.91 Å². The van der Waals surface area contributed by atoms with E-state index in [4.69, 9.17) is 112 Å². The Morgan fingerprint density at radius 3 is 1.29 bits per heavy atom. The fraction of sp³-hybridized carbons (Fsp3) is 0.918. The SMILES string of the molecule is CC(=O)NC1[C@H](OCCCCCCOP(=O)(O)OCCCOCC(COCCCOP(=O)(O)OCCCCCCO[C@@H]2OC(CO)C(O)[C@H](O)C2C)(COCCCOP(=O)(O)OCCCCCCO[C@@H]2OC(CO)[C@H](O)[C@H](O)C2C)COP(=O)(O)OCOCC(CO)COCOP(=O)(O)O[C@H]2C[C@H](n3cnc4c(N)ncnc43)O[C@@H]2COP(=O)(O)C(C)C)OC(CO)[C@H](O)[C@@H]1O. The molecular formula is C73H138N6O46P6. The standard InChI is InChI=1S/C73H138N6O46P6/c1-49(2)126(91,92)117-40-58-54(33-59(121-58)79-46-77-61-68(74)75-45-76-69(61)79)125-131(101,102)120-48-107-39-53(34-80)38-106-47-119-130(99,100)118-44-73(41-103-21-18-30-114-127(93,94)111-27-15-9-6-12-24-108-70-50(3)62(85)64(87)55(35-81)122-70,42-104-22-19-31-115-128(95,96)112-28-16-10-7-13-25-109-71-51(4)63(86)65(88)56(36-82)123-71)43-105-23-20-32-116-129(97,98)113-29-17-11-8-14-26-110-72-60(78-52(5)84)67(90)66(89)57(37-83)124-72/h45-46,49-51,53-60,62-67,70-72,80-83,85-90H,6-44,47-48H2,1-5H3,(H,78,84)(H,91,92)(H,93,94)(H,95,96)(H,97,98)(H,99,100)(H,101,102)(H2,74,75,76)/t50?,51?,53?,54-,55?,56?,57?,58+,59+,60?,62+,63+,64-,65?,66-,67+,70+,71+,72+,73?/m0/s1. The number of aliphatic hydroxyl groups excluding tert-OH is 10. The van der Waals surface area contributed by atoms with Crippen LogP contribution in [0, 0.1) is 23.2 Å². The van der Waals surface area contributed by atoms with Crippen molar-refractivity contribution in [1.29, 1.82) is 0 Å². The number of aliphatic hydroxyl groups is 10. The van der Waals surface area contributed by atoms with Crippen LogP contribution in [0.4, 0.5) is 5.82 Å². The molecule has 4 aliphatic heterocycles. The highest BCUT2D eigenvalue weighted by Crippen LogP contribution is 2.53. The number of nitrogens with two attached hydrogens (primary N) is 1. The normalized spacial score (nSPS) is 28.6. The van der Waals surface area contributed by atoms with E-state index >= 15 is 0 Å². The Hall–Kier alpha value is -2.36. The maximum atomic E-state index is 13.8. The Labute approximate surface area is 759 Å². The van der Waals surface area contributed by atoms with Crippen molar-refractivity contribution in [2.24, 2.45) is 23.2 Å². The third-order valence-corrected chi connectivity index (χ3v) is 27.7. The van der Waals surface area contributed by atoms with E-state index in [2.05, 4.69) is 20.3 Å². The molecule has 2 aromatic rings. The lowest BCUT2D eigenvalue weighted by atomic mass is 9.92. The van der Waals surface area contributed by atoms with E-state index in [-0.39, 0.29) is 102 Å². The molecule has 15 unspecified atom stereocenters. The summed E-state index contributed by atoms with van der Waals surface area (Å²) in [4.78, 5) is 88.1. The summed E-state index contributed by atoms with van der Waals surface area (Å²) in [6.07, 6.45) is -9.58. The molecule has 6 heterocycles. The maximum Gasteiger partial charge on any atom is 0.474 e. The summed E-state index contributed by atoms with van der Waals surface area (Å²) < 4.78 is 207. The number of ether oxygens (including phenoxy) is 12. The van der Waals surface area contributed by atoms with Gasteiger partial charge in [0.05, 0.1) is 142 Å². The first-order valence-electron chi connectivity index (χ1n) is 43.3. The highest BCUT2D eigenvalue weighted by atomic mass is 31.2. The number of unbranched alkanes of at least 4 members (excludes halogenated alkanes) is 9. The van der Waals surface area contributed by atoms with Crippen LogP contribution < -0.4 is 11.1 Å². The van der Waals surface area contributed by atoms with E-state index < -0.39 is 286 Å². The minimum atomic E-state index is -5.20. The molecule has 766 valence electrons. The van der Waals surface area contributed by atoms with Crippen LogP contribution in [0.1, 0.15) is 144 Å². The quantitative estimate of drug-likeness (QED) is 0.0255. The number of anilines is 1. The van der Waals surface area contributed by atoms with Crippen molar-refractivity contribution in [3.63, 3.8) is 0 Å². The van der Waals surface area contributed by atoms with Gasteiger partial charge in [-0.2, -0.15) is 0 Å². The van der Waals surface area contributed by atoms with Crippen LogP contribution >= 0.6 is 46.7 Å². The summed E-state index contributed by atoms with van der Waals surface area (Å²) in [5, 5.41) is 103. The zero-order chi connectivity index (χ0) is 96.4. The zero-order valence-corrected chi connectivity index (χ0v) is 79.5. The van der Waals surface area contributed by atoms with Crippen LogP contribution in [0.25, 0.3) is 11.2 Å². The van der Waals surface area contributed by atoms with Gasteiger partial charge < -0.3 is 153 Å². The lowest BCUT2D eigenvalue weighted by molar-refractivity contribution is -0.282. The molecule has 2 aromatic heterocycles. The van der Waals surface area contributed by atoms with Crippen molar-refractivity contribution in [3.05, 3.63) is 12.7 Å². The number of phosphoric ester groups is 5. The molecule has 4 saturated heterocycles. The van der Waals surface area contributed by atoms with Crippen LogP contribution in [0.15, 0.2) is 12.7 Å². The summed E-state index contributed by atoms with van der Waals surface area (Å²) >= 11 is 0. The number of imidazole rings is 1. The lowest BCUT2D eigenvalue weighted by Gasteiger charge is -2.42. The molecule has 0 saturated carbocycles. The Bertz CT molecular complexity index is 3740. The van der Waals surface area contributed by atoms with Gasteiger partial charge in [-0.3, -0.25) is 59.2 Å². The van der Waals surface area contributed by atoms with Crippen LogP contribution in [0.5, 0.6) is 0 Å². The number of carbonyl (C=O) groups excluding carboxylic acids is 1. The van der Waals surface area contributed by atoms with Gasteiger partial charge in [-0.1, -0.05) is 66.2 Å². The molecule has 19 N–H and O–H groups in total. The number of hydrogen-bond acceptors (Lipinski definition) is 44. The topological polar surface area (TPSA) is 737 Å². The molecule has 4 aliphatic rings. The molecule has 131 heavy (non-hydrogen) atoms. The summed E-state index contributed by atoms with van der Waals surface area (Å²) in [5.41, 5.74) is 3.97. The fourth-order valence-corrected chi connectivity index (χ4v) is 17.9. The number of hydrogen-bond donors (Lipinski definition) is 18. The van der Waals surface area contributed by atoms with Gasteiger partial charge in [0.1, 0.15) is 79.0 Å². The molecule has 0 aliphatic carbocycles. The second kappa shape index (κ2) is 60.0. The first kappa shape index (κ1) is 117. The van der Waals surface area contributed by atoms with Gasteiger partial charge in [-0.25, -0.2) is 37.8 Å². The Morgan fingerprint density at radius 2 is 0.870 bits per heavy atom. The van der Waals surface area contributed by atoms with Crippen LogP contribution in [0.3, 0.4) is 0 Å². The van der Waals surface area contributed by atoms with Crippen LogP contribution in [0.2, 0.25) is 0 Å². The molecule has 0 radical (unpaired) electrons. The van der Waals surface area contributed by atoms with Crippen LogP contribution in [-0.4, -0.2) is 369 Å². The number of nitrogens with zero attached hydrogens (tertiary/aromatic N) is 4. The van der Waals surface area contributed by atoms with E-state index in [0.717, 1.165) is 0 Å². The second-order valence-electron chi connectivity index (χ2n) is 32.1. The van der Waals surface area contributed by atoms with E-state index in [0.29, 0.717) is 77.0 Å². The molecule has 0 aromatic carbocycles. The van der Waals surface area contributed by atoms with Gasteiger partial charge in [0.25, 0.3) is 0 Å². The van der Waals surface area contributed by atoms with Crippen molar-refractivity contribution in [2.45, 2.75) is 241 Å². The molecular weight excluding hydrogens is 1880 g/mol. The van der Waals surface area contributed by atoms with Crippen molar-refractivity contribution in [2.75, 3.05) is 171 Å². The summed E-state index contributed by atoms with van der Waals surface area (Å²) in [6.45, 7) is -2.31. The molecule has 52 nitrogen and oxygen atoms in total. The summed E-state index contributed by atoms with van der Waals surface area (Å²) in [7, 11) is -28.3. The number of aromatic nitrogens is 4. The smallest absolute Gasteiger partial charge is 0.396 e. The maximum absolute atomic E-state index is 13.8. The summed E-state index contributed by atoms with van der Waals surface area (Å²) in [5.74, 6) is -2.56. The average molecular weight is 2020 g/mol. The van der Waals surface area contributed by atoms with E-state index in [1.54, 1.807) is 13.8 Å². The minimum Gasteiger partial charge on any atom is -0.396 e. The monoisotopic (exact) mass is 2020 g/mol. The number of phosphoric acid groups is 5. The van der Waals surface area contributed by atoms with Crippen molar-refractivity contribution in [3.8, 4) is 0 Å². The number of nitrogens with one attached hydrogen (secondary N) is 1. The van der Waals surface area contributed by atoms with E-state index in [9.17, 15) is 113 Å². The van der Waals surface area contributed by atoms with E-state index in [1.165, 1.54) is 38.0 Å².